The molecule has 0 aliphatic rings. The van der Waals surface area contributed by atoms with Crippen LogP contribution in [0.5, 0.6) is 11.5 Å². The molecule has 0 aliphatic carbocycles. The minimum atomic E-state index is -0.375. The molecule has 0 saturated heterocycles. The Balaban J connectivity index is 1.70. The molecule has 0 atom stereocenters. The van der Waals surface area contributed by atoms with Crippen LogP contribution in [-0.2, 0) is 6.61 Å². The van der Waals surface area contributed by atoms with Crippen LogP contribution in [0, 0.1) is 3.57 Å². The lowest BCUT2D eigenvalue weighted by atomic mass is 10.2. The van der Waals surface area contributed by atoms with Crippen molar-refractivity contribution in [2.45, 2.75) is 6.61 Å². The average molecular weight is 580 g/mol. The quantitative estimate of drug-likeness (QED) is 0.179. The number of amides is 1. The predicted molar refractivity (Wildman–Crippen MR) is 130 cm³/mol. The van der Waals surface area contributed by atoms with Crippen LogP contribution in [0.4, 0.5) is 5.69 Å². The summed E-state index contributed by atoms with van der Waals surface area (Å²) in [4.78, 5) is 12.2. The number of carbonyl (C=O) groups excluding carboxylic acids is 1. The number of hydrogen-bond acceptors (Lipinski definition) is 5. The standard InChI is InChI=1S/C22H19BrIN3O3/c1-29-20-11-15(12-26-27-22(28)17-4-2-3-5-19(17)25)10-18(24)21(20)30-13-14-6-8-16(23)9-7-14/h2-12H,13,25H2,1H3,(H,27,28)/b26-12-. The lowest BCUT2D eigenvalue weighted by Gasteiger charge is -2.13. The molecule has 0 unspecified atom stereocenters. The highest BCUT2D eigenvalue weighted by Gasteiger charge is 2.12. The van der Waals surface area contributed by atoms with Gasteiger partial charge in [0, 0.05) is 10.2 Å². The smallest absolute Gasteiger partial charge is 0.273 e. The summed E-state index contributed by atoms with van der Waals surface area (Å²) in [6.07, 6.45) is 1.54. The number of methoxy groups -OCH3 is 1. The first-order valence-corrected chi connectivity index (χ1v) is 10.8. The molecular weight excluding hydrogens is 561 g/mol. The van der Waals surface area contributed by atoms with E-state index in [1.165, 1.54) is 0 Å². The van der Waals surface area contributed by atoms with Crippen LogP contribution in [0.3, 0.4) is 0 Å². The molecule has 0 aromatic heterocycles. The van der Waals surface area contributed by atoms with Gasteiger partial charge in [-0.05, 0) is 70.1 Å². The normalized spacial score (nSPS) is 10.8. The minimum absolute atomic E-state index is 0.374. The van der Waals surface area contributed by atoms with Crippen molar-refractivity contribution in [1.82, 2.24) is 5.43 Å². The molecule has 154 valence electrons. The number of ether oxygens (including phenoxy) is 2. The number of hydrazone groups is 1. The molecule has 0 bridgehead atoms. The third kappa shape index (κ3) is 5.73. The Morgan fingerprint density at radius 3 is 2.63 bits per heavy atom. The lowest BCUT2D eigenvalue weighted by molar-refractivity contribution is 0.0956. The molecule has 3 aromatic rings. The van der Waals surface area contributed by atoms with Gasteiger partial charge < -0.3 is 15.2 Å². The van der Waals surface area contributed by atoms with Crippen molar-refractivity contribution in [3.05, 3.63) is 85.4 Å². The fraction of sp³-hybridized carbons (Fsp3) is 0.0909. The van der Waals surface area contributed by atoms with E-state index in [1.807, 2.05) is 30.3 Å². The average Bonchev–Trinajstić information content (AvgIpc) is 2.74. The van der Waals surface area contributed by atoms with Gasteiger partial charge in [-0.3, -0.25) is 4.79 Å². The Kier molecular flexibility index (Phi) is 7.69. The van der Waals surface area contributed by atoms with E-state index in [2.05, 4.69) is 49.0 Å². The molecule has 3 aromatic carbocycles. The fourth-order valence-electron chi connectivity index (χ4n) is 2.62. The summed E-state index contributed by atoms with van der Waals surface area (Å²) in [5.74, 6) is 0.860. The van der Waals surface area contributed by atoms with Crippen molar-refractivity contribution in [3.8, 4) is 11.5 Å². The van der Waals surface area contributed by atoms with Gasteiger partial charge in [0.05, 0.1) is 22.5 Å². The summed E-state index contributed by atoms with van der Waals surface area (Å²) in [5, 5.41) is 4.02. The number of nitrogens with two attached hydrogens (primary N) is 1. The minimum Gasteiger partial charge on any atom is -0.493 e. The second kappa shape index (κ2) is 10.4. The highest BCUT2D eigenvalue weighted by atomic mass is 127. The number of anilines is 1. The maximum atomic E-state index is 12.2. The molecule has 0 fully saturated rings. The van der Waals surface area contributed by atoms with Crippen LogP contribution in [0.1, 0.15) is 21.5 Å². The van der Waals surface area contributed by atoms with Crippen molar-refractivity contribution in [2.75, 3.05) is 12.8 Å². The molecular formula is C22H19BrIN3O3. The number of nitrogens with zero attached hydrogens (tertiary/aromatic N) is 1. The molecule has 3 N–H and O–H groups in total. The predicted octanol–water partition coefficient (Wildman–Crippen LogP) is 4.99. The van der Waals surface area contributed by atoms with Crippen LogP contribution < -0.4 is 20.6 Å². The van der Waals surface area contributed by atoms with Gasteiger partial charge in [0.2, 0.25) is 0 Å². The van der Waals surface area contributed by atoms with Gasteiger partial charge in [0.25, 0.3) is 5.91 Å². The summed E-state index contributed by atoms with van der Waals surface area (Å²) in [6, 6.07) is 18.4. The van der Waals surface area contributed by atoms with E-state index in [1.54, 1.807) is 43.7 Å². The Morgan fingerprint density at radius 1 is 1.20 bits per heavy atom. The van der Waals surface area contributed by atoms with Gasteiger partial charge in [0.15, 0.2) is 11.5 Å². The second-order valence-corrected chi connectivity index (χ2v) is 8.31. The molecule has 0 radical (unpaired) electrons. The number of para-hydroxylation sites is 1. The first-order chi connectivity index (χ1) is 14.5. The molecule has 0 aliphatic heterocycles. The Labute approximate surface area is 196 Å². The molecule has 30 heavy (non-hydrogen) atoms. The largest absolute Gasteiger partial charge is 0.493 e. The van der Waals surface area contributed by atoms with Gasteiger partial charge in [-0.25, -0.2) is 5.43 Å². The molecule has 0 spiro atoms. The van der Waals surface area contributed by atoms with Crippen molar-refractivity contribution >= 4 is 56.3 Å². The first kappa shape index (κ1) is 22.1. The SMILES string of the molecule is COc1cc(/C=N\NC(=O)c2ccccc2N)cc(I)c1OCc1ccc(Br)cc1. The Bertz CT molecular complexity index is 1070. The highest BCUT2D eigenvalue weighted by Crippen LogP contribution is 2.34. The van der Waals surface area contributed by atoms with Crippen LogP contribution in [-0.4, -0.2) is 19.2 Å². The van der Waals surface area contributed by atoms with Crippen LogP contribution in [0.2, 0.25) is 0 Å². The Morgan fingerprint density at radius 2 is 1.93 bits per heavy atom. The molecule has 0 saturated carbocycles. The van der Waals surface area contributed by atoms with Gasteiger partial charge in [0.1, 0.15) is 6.61 Å². The third-order valence-electron chi connectivity index (χ3n) is 4.13. The number of halogens is 2. The summed E-state index contributed by atoms with van der Waals surface area (Å²) in [7, 11) is 1.58. The number of benzene rings is 3. The Hall–Kier alpha value is -2.59. The molecule has 1 amide bonds. The summed E-state index contributed by atoms with van der Waals surface area (Å²) in [6.45, 7) is 0.418. The third-order valence-corrected chi connectivity index (χ3v) is 5.46. The van der Waals surface area contributed by atoms with Gasteiger partial charge in [-0.2, -0.15) is 5.10 Å². The van der Waals surface area contributed by atoms with Crippen molar-refractivity contribution in [1.29, 1.82) is 0 Å². The van der Waals surface area contributed by atoms with E-state index >= 15 is 0 Å². The summed E-state index contributed by atoms with van der Waals surface area (Å²) in [5.41, 5.74) is 10.9. The van der Waals surface area contributed by atoms with Gasteiger partial charge >= 0.3 is 0 Å². The monoisotopic (exact) mass is 579 g/mol. The van der Waals surface area contributed by atoms with Crippen LogP contribution >= 0.6 is 38.5 Å². The first-order valence-electron chi connectivity index (χ1n) is 8.90. The zero-order chi connectivity index (χ0) is 21.5. The second-order valence-electron chi connectivity index (χ2n) is 6.24. The number of carbonyl (C=O) groups is 1. The summed E-state index contributed by atoms with van der Waals surface area (Å²) < 4.78 is 13.3. The van der Waals surface area contributed by atoms with E-state index in [0.29, 0.717) is 29.4 Å². The molecule has 0 heterocycles. The number of nitrogen functional groups attached to an aromatic ring is 1. The number of hydrogen-bond donors (Lipinski definition) is 2. The molecule has 6 nitrogen and oxygen atoms in total. The zero-order valence-electron chi connectivity index (χ0n) is 16.1. The van der Waals surface area contributed by atoms with E-state index in [-0.39, 0.29) is 5.91 Å². The van der Waals surface area contributed by atoms with Gasteiger partial charge in [-0.1, -0.05) is 40.2 Å². The maximum absolute atomic E-state index is 12.2. The topological polar surface area (TPSA) is 85.9 Å². The van der Waals surface area contributed by atoms with E-state index < -0.39 is 0 Å². The van der Waals surface area contributed by atoms with Gasteiger partial charge in [-0.15, -0.1) is 0 Å². The molecule has 3 rings (SSSR count). The lowest BCUT2D eigenvalue weighted by Crippen LogP contribution is -2.19. The van der Waals surface area contributed by atoms with Crippen molar-refractivity contribution in [3.63, 3.8) is 0 Å². The molecule has 8 heteroatoms. The van der Waals surface area contributed by atoms with Crippen molar-refractivity contribution < 1.29 is 14.3 Å². The van der Waals surface area contributed by atoms with E-state index in [4.69, 9.17) is 15.2 Å². The number of nitrogens with one attached hydrogen (secondary N) is 1. The van der Waals surface area contributed by atoms with E-state index in [0.717, 1.165) is 19.2 Å². The summed E-state index contributed by atoms with van der Waals surface area (Å²) >= 11 is 5.61. The number of rotatable bonds is 7. The van der Waals surface area contributed by atoms with Crippen LogP contribution in [0.15, 0.2) is 70.2 Å². The highest BCUT2D eigenvalue weighted by molar-refractivity contribution is 14.1. The van der Waals surface area contributed by atoms with Crippen molar-refractivity contribution in [2.24, 2.45) is 5.10 Å². The maximum Gasteiger partial charge on any atom is 0.273 e. The van der Waals surface area contributed by atoms with Crippen LogP contribution in [0.25, 0.3) is 0 Å². The zero-order valence-corrected chi connectivity index (χ0v) is 19.8. The fourth-order valence-corrected chi connectivity index (χ4v) is 3.67. The van der Waals surface area contributed by atoms with E-state index in [9.17, 15) is 4.79 Å².